The maximum atomic E-state index is 14.7. The largest absolute Gasteiger partial charge is 0.647 e. The fourth-order valence-electron chi connectivity index (χ4n) is 4.64. The highest BCUT2D eigenvalue weighted by Crippen LogP contribution is 2.52. The predicted molar refractivity (Wildman–Crippen MR) is 191 cm³/mol. The number of carbonyl (C=O) groups is 3. The van der Waals surface area contributed by atoms with Gasteiger partial charge in [-0.3, -0.25) is 0 Å². The van der Waals surface area contributed by atoms with Gasteiger partial charge in [0.25, 0.3) is 0 Å². The van der Waals surface area contributed by atoms with Crippen LogP contribution in [0.4, 0.5) is 0 Å². The Morgan fingerprint density at radius 1 is 0.520 bits per heavy atom. The molecule has 0 aliphatic carbocycles. The number of benzene rings is 3. The number of hydrogen-bond donors (Lipinski definition) is 0. The van der Waals surface area contributed by atoms with E-state index in [0.717, 1.165) is 16.7 Å². The second kappa shape index (κ2) is 18.1. The van der Waals surface area contributed by atoms with Gasteiger partial charge in [0.15, 0.2) is 0 Å². The Balaban J connectivity index is 1.95. The molecule has 0 radical (unpaired) electrons. The highest BCUT2D eigenvalue weighted by atomic mass is 31.2. The Labute approximate surface area is 294 Å². The van der Waals surface area contributed by atoms with Crippen molar-refractivity contribution < 1.29 is 46.7 Å². The Morgan fingerprint density at radius 2 is 0.780 bits per heavy atom. The summed E-state index contributed by atoms with van der Waals surface area (Å²) in [5.41, 5.74) is 5.26. The van der Waals surface area contributed by atoms with E-state index in [1.165, 1.54) is 0 Å². The van der Waals surface area contributed by atoms with Gasteiger partial charge in [-0.15, -0.1) is 0 Å². The van der Waals surface area contributed by atoms with Gasteiger partial charge in [-0.05, 0) is 93.1 Å². The zero-order valence-electron chi connectivity index (χ0n) is 29.6. The Bertz CT molecular complexity index is 1620. The predicted octanol–water partition coefficient (Wildman–Crippen LogP) is 8.24. The summed E-state index contributed by atoms with van der Waals surface area (Å²) in [6.07, 6.45) is 1.13. The molecule has 10 nitrogen and oxygen atoms in total. The molecule has 0 unspecified atom stereocenters. The molecule has 0 saturated carbocycles. The van der Waals surface area contributed by atoms with Crippen molar-refractivity contribution in [3.8, 4) is 17.2 Å². The SMILES string of the molecule is C=C(C)C(=O)OCCc1cccc(OP(=O)(Oc2cccc(CCOC(=O)C(=C)C)c2C)Oc2cccc(CCOC(=O)C(=C)C)c2C)c1C. The highest BCUT2D eigenvalue weighted by molar-refractivity contribution is 7.49. The van der Waals surface area contributed by atoms with Crippen molar-refractivity contribution in [1.82, 2.24) is 0 Å². The summed E-state index contributed by atoms with van der Waals surface area (Å²) < 4.78 is 49.0. The summed E-state index contributed by atoms with van der Waals surface area (Å²) in [5, 5.41) is 0. The van der Waals surface area contributed by atoms with Crippen molar-refractivity contribution >= 4 is 25.7 Å². The van der Waals surface area contributed by atoms with Crippen LogP contribution in [0.15, 0.2) is 91.1 Å². The van der Waals surface area contributed by atoms with Crippen LogP contribution in [-0.4, -0.2) is 37.7 Å². The van der Waals surface area contributed by atoms with Crippen LogP contribution in [0.5, 0.6) is 17.2 Å². The zero-order valence-corrected chi connectivity index (χ0v) is 30.5. The lowest BCUT2D eigenvalue weighted by atomic mass is 10.1. The minimum atomic E-state index is -4.48. The van der Waals surface area contributed by atoms with E-state index in [0.29, 0.717) is 52.7 Å². The smallest absolute Gasteiger partial charge is 0.462 e. The summed E-state index contributed by atoms with van der Waals surface area (Å²) >= 11 is 0. The number of carbonyl (C=O) groups excluding carboxylic acids is 3. The molecule has 3 rings (SSSR count). The van der Waals surface area contributed by atoms with Gasteiger partial charge in [0.05, 0.1) is 19.8 Å². The maximum Gasteiger partial charge on any atom is 0.647 e. The molecule has 0 spiro atoms. The first-order valence-electron chi connectivity index (χ1n) is 16.0. The highest BCUT2D eigenvalue weighted by Gasteiger charge is 2.35. The van der Waals surface area contributed by atoms with E-state index in [2.05, 4.69) is 19.7 Å². The average Bonchev–Trinajstić information content (AvgIpc) is 3.05. The Hall–Kier alpha value is -5.08. The van der Waals surface area contributed by atoms with E-state index >= 15 is 0 Å². The van der Waals surface area contributed by atoms with Crippen molar-refractivity contribution in [2.45, 2.75) is 60.8 Å². The lowest BCUT2D eigenvalue weighted by Gasteiger charge is -2.23. The first-order chi connectivity index (χ1) is 23.6. The molecule has 0 heterocycles. The zero-order chi connectivity index (χ0) is 37.0. The Morgan fingerprint density at radius 3 is 1.02 bits per heavy atom. The van der Waals surface area contributed by atoms with Gasteiger partial charge < -0.3 is 27.8 Å². The third-order valence-corrected chi connectivity index (χ3v) is 8.94. The van der Waals surface area contributed by atoms with Crippen molar-refractivity contribution in [3.63, 3.8) is 0 Å². The van der Waals surface area contributed by atoms with Gasteiger partial charge in [-0.2, -0.15) is 4.57 Å². The molecule has 0 bridgehead atoms. The van der Waals surface area contributed by atoms with Gasteiger partial charge in [-0.25, -0.2) is 14.4 Å². The van der Waals surface area contributed by atoms with Gasteiger partial charge in [-0.1, -0.05) is 56.1 Å². The van der Waals surface area contributed by atoms with Crippen molar-refractivity contribution in [1.29, 1.82) is 0 Å². The number of rotatable bonds is 18. The van der Waals surface area contributed by atoms with E-state index in [-0.39, 0.29) is 37.1 Å². The third kappa shape index (κ3) is 11.2. The number of phosphoric ester groups is 1. The lowest BCUT2D eigenvalue weighted by Crippen LogP contribution is -2.12. The second-order valence-corrected chi connectivity index (χ2v) is 13.3. The molecule has 50 heavy (non-hydrogen) atoms. The van der Waals surface area contributed by atoms with Crippen LogP contribution >= 0.6 is 7.82 Å². The summed E-state index contributed by atoms with van der Waals surface area (Å²) in [7, 11) is -4.48. The monoisotopic (exact) mass is 704 g/mol. The van der Waals surface area contributed by atoms with E-state index in [1.54, 1.807) is 77.9 Å². The van der Waals surface area contributed by atoms with Crippen LogP contribution < -0.4 is 13.6 Å². The minimum Gasteiger partial charge on any atom is -0.462 e. The standard InChI is InChI=1S/C39H45O10P/c1-25(2)37(40)44-22-19-31-13-10-16-34(28(31)7)47-50(43,48-35-17-11-14-32(29(35)8)20-23-45-38(41)26(3)4)49-36-18-12-15-33(30(36)9)21-24-46-39(42)27(5)6/h10-18H,1,3,5,19-24H2,2,4,6-9H3. The van der Waals surface area contributed by atoms with Crippen LogP contribution in [0.1, 0.15) is 54.2 Å². The van der Waals surface area contributed by atoms with Gasteiger partial charge in [0, 0.05) is 36.0 Å². The number of esters is 3. The molecule has 0 amide bonds. The summed E-state index contributed by atoms with van der Waals surface area (Å²) in [4.78, 5) is 35.7. The number of phosphoric acid groups is 1. The molecule has 3 aromatic rings. The maximum absolute atomic E-state index is 14.7. The molecular weight excluding hydrogens is 659 g/mol. The topological polar surface area (TPSA) is 124 Å². The molecule has 0 aromatic heterocycles. The Kier molecular flexibility index (Phi) is 14.2. The minimum absolute atomic E-state index is 0.113. The number of hydrogen-bond acceptors (Lipinski definition) is 10. The van der Waals surface area contributed by atoms with Gasteiger partial charge in [0.2, 0.25) is 0 Å². The molecule has 0 aliphatic heterocycles. The average molecular weight is 705 g/mol. The molecule has 0 aliphatic rings. The van der Waals surface area contributed by atoms with E-state index in [1.807, 2.05) is 18.2 Å². The van der Waals surface area contributed by atoms with Crippen LogP contribution in [0.2, 0.25) is 0 Å². The van der Waals surface area contributed by atoms with Crippen molar-refractivity contribution in [2.24, 2.45) is 0 Å². The first-order valence-corrected chi connectivity index (χ1v) is 17.5. The van der Waals surface area contributed by atoms with E-state index < -0.39 is 25.7 Å². The quantitative estimate of drug-likeness (QED) is 0.0554. The number of ether oxygens (including phenoxy) is 3. The van der Waals surface area contributed by atoms with Crippen LogP contribution in [-0.2, 0) is 52.4 Å². The normalized spacial score (nSPS) is 10.8. The summed E-state index contributed by atoms with van der Waals surface area (Å²) in [6.45, 7) is 21.3. The fraction of sp³-hybridized carbons (Fsp3) is 0.308. The lowest BCUT2D eigenvalue weighted by molar-refractivity contribution is -0.139. The summed E-state index contributed by atoms with van der Waals surface area (Å²) in [6, 6.07) is 15.7. The van der Waals surface area contributed by atoms with Crippen LogP contribution in [0.3, 0.4) is 0 Å². The van der Waals surface area contributed by atoms with E-state index in [4.69, 9.17) is 27.8 Å². The third-order valence-electron chi connectivity index (χ3n) is 7.68. The molecule has 0 atom stereocenters. The van der Waals surface area contributed by atoms with E-state index in [9.17, 15) is 18.9 Å². The van der Waals surface area contributed by atoms with Crippen molar-refractivity contribution in [3.05, 3.63) is 124 Å². The molecule has 0 N–H and O–H groups in total. The molecule has 11 heteroatoms. The molecular formula is C39H45O10P. The molecule has 3 aromatic carbocycles. The second-order valence-electron chi connectivity index (χ2n) is 11.8. The van der Waals surface area contributed by atoms with Crippen LogP contribution in [0, 0.1) is 20.8 Å². The van der Waals surface area contributed by atoms with Gasteiger partial charge >= 0.3 is 25.7 Å². The van der Waals surface area contributed by atoms with Gasteiger partial charge in [0.1, 0.15) is 17.2 Å². The summed E-state index contributed by atoms with van der Waals surface area (Å²) in [5.74, 6) is -0.715. The van der Waals surface area contributed by atoms with Crippen molar-refractivity contribution in [2.75, 3.05) is 19.8 Å². The molecule has 266 valence electrons. The molecule has 0 fully saturated rings. The fourth-order valence-corrected chi connectivity index (χ4v) is 6.06. The molecule has 0 saturated heterocycles. The van der Waals surface area contributed by atoms with Crippen LogP contribution in [0.25, 0.3) is 0 Å². The first kappa shape index (κ1) is 39.4.